The van der Waals surface area contributed by atoms with Gasteiger partial charge in [-0.15, -0.1) is 11.3 Å². The number of hydrogen-bond donors (Lipinski definition) is 1. The third-order valence-corrected chi connectivity index (χ3v) is 5.03. The minimum Gasteiger partial charge on any atom is -0.275 e. The first-order valence-corrected chi connectivity index (χ1v) is 8.20. The third-order valence-electron chi connectivity index (χ3n) is 2.86. The van der Waals surface area contributed by atoms with Gasteiger partial charge in [-0.25, -0.2) is 4.98 Å². The molecule has 3 rings (SSSR count). The SMILES string of the molecule is N#CC(C#N)=NNc1ccccc1Sc1nc2ccccc2s1. The molecule has 0 spiro atoms. The van der Waals surface area contributed by atoms with E-state index in [1.807, 2.05) is 48.5 Å². The highest BCUT2D eigenvalue weighted by atomic mass is 32.2. The van der Waals surface area contributed by atoms with Crippen LogP contribution in [0.15, 0.2) is 62.9 Å². The van der Waals surface area contributed by atoms with Crippen molar-refractivity contribution >= 4 is 44.7 Å². The summed E-state index contributed by atoms with van der Waals surface area (Å²) in [5.74, 6) is 0. The predicted octanol–water partition coefficient (Wildman–Crippen LogP) is 4.26. The van der Waals surface area contributed by atoms with E-state index in [-0.39, 0.29) is 5.71 Å². The summed E-state index contributed by atoms with van der Waals surface area (Å²) >= 11 is 3.13. The molecule has 0 aliphatic rings. The van der Waals surface area contributed by atoms with Crippen LogP contribution in [0.1, 0.15) is 0 Å². The number of para-hydroxylation sites is 2. The molecule has 0 bridgehead atoms. The van der Waals surface area contributed by atoms with Crippen LogP contribution in [0.3, 0.4) is 0 Å². The summed E-state index contributed by atoms with van der Waals surface area (Å²) in [6.07, 6.45) is 0. The Kier molecular flexibility index (Phi) is 4.53. The van der Waals surface area contributed by atoms with Crippen molar-refractivity contribution in [3.05, 3.63) is 48.5 Å². The molecule has 110 valence electrons. The molecule has 1 heterocycles. The van der Waals surface area contributed by atoms with Gasteiger partial charge in [0.05, 0.1) is 15.9 Å². The molecule has 0 radical (unpaired) electrons. The quantitative estimate of drug-likeness (QED) is 0.568. The molecule has 0 fully saturated rings. The van der Waals surface area contributed by atoms with Crippen molar-refractivity contribution in [2.24, 2.45) is 5.10 Å². The zero-order valence-electron chi connectivity index (χ0n) is 11.7. The molecular weight excluding hydrogens is 326 g/mol. The lowest BCUT2D eigenvalue weighted by atomic mass is 10.3. The molecule has 5 nitrogen and oxygen atoms in total. The van der Waals surface area contributed by atoms with Crippen LogP contribution in [-0.2, 0) is 0 Å². The molecule has 23 heavy (non-hydrogen) atoms. The van der Waals surface area contributed by atoms with Gasteiger partial charge in [0.1, 0.15) is 12.1 Å². The van der Waals surface area contributed by atoms with Crippen molar-refractivity contribution in [3.63, 3.8) is 0 Å². The fourth-order valence-corrected chi connectivity index (χ4v) is 3.93. The minimum absolute atomic E-state index is 0.218. The number of fused-ring (bicyclic) bond motifs is 1. The summed E-state index contributed by atoms with van der Waals surface area (Å²) in [6, 6.07) is 19.0. The van der Waals surface area contributed by atoms with Gasteiger partial charge in [0.15, 0.2) is 4.34 Å². The molecule has 0 unspecified atom stereocenters. The zero-order chi connectivity index (χ0) is 16.1. The number of hydrazone groups is 1. The van der Waals surface area contributed by atoms with E-state index in [2.05, 4.69) is 15.5 Å². The number of hydrogen-bond acceptors (Lipinski definition) is 7. The Balaban J connectivity index is 1.87. The second-order valence-electron chi connectivity index (χ2n) is 4.34. The van der Waals surface area contributed by atoms with Gasteiger partial charge in [0.25, 0.3) is 0 Å². The summed E-state index contributed by atoms with van der Waals surface area (Å²) in [5, 5.41) is 21.3. The van der Waals surface area contributed by atoms with Crippen molar-refractivity contribution in [3.8, 4) is 12.1 Å². The van der Waals surface area contributed by atoms with Gasteiger partial charge in [-0.05, 0) is 24.3 Å². The summed E-state index contributed by atoms with van der Waals surface area (Å²) < 4.78 is 2.06. The maximum absolute atomic E-state index is 8.73. The maximum atomic E-state index is 8.73. The topological polar surface area (TPSA) is 84.9 Å². The smallest absolute Gasteiger partial charge is 0.237 e. The number of rotatable bonds is 4. The van der Waals surface area contributed by atoms with Gasteiger partial charge in [-0.3, -0.25) is 5.43 Å². The van der Waals surface area contributed by atoms with E-state index < -0.39 is 0 Å². The molecule has 3 aromatic rings. The Labute approximate surface area is 140 Å². The van der Waals surface area contributed by atoms with Gasteiger partial charge in [-0.2, -0.15) is 15.6 Å². The van der Waals surface area contributed by atoms with Gasteiger partial charge in [-0.1, -0.05) is 36.0 Å². The number of thiazole rings is 1. The van der Waals surface area contributed by atoms with Crippen molar-refractivity contribution in [2.45, 2.75) is 9.24 Å². The van der Waals surface area contributed by atoms with E-state index in [4.69, 9.17) is 10.5 Å². The van der Waals surface area contributed by atoms with E-state index >= 15 is 0 Å². The first-order valence-electron chi connectivity index (χ1n) is 6.56. The van der Waals surface area contributed by atoms with E-state index in [1.165, 1.54) is 11.8 Å². The molecule has 0 aliphatic carbocycles. The molecule has 7 heteroatoms. The fourth-order valence-electron chi connectivity index (χ4n) is 1.83. The zero-order valence-corrected chi connectivity index (χ0v) is 13.4. The number of anilines is 1. The lowest BCUT2D eigenvalue weighted by Gasteiger charge is -2.06. The fraction of sp³-hybridized carbons (Fsp3) is 0. The van der Waals surface area contributed by atoms with Crippen LogP contribution >= 0.6 is 23.1 Å². The van der Waals surface area contributed by atoms with E-state index in [0.29, 0.717) is 0 Å². The van der Waals surface area contributed by atoms with Crippen LogP contribution in [0, 0.1) is 22.7 Å². The average molecular weight is 335 g/mol. The normalized spacial score (nSPS) is 9.83. The van der Waals surface area contributed by atoms with Crippen molar-refractivity contribution in [1.82, 2.24) is 4.98 Å². The lowest BCUT2D eigenvalue weighted by Crippen LogP contribution is -1.97. The molecule has 0 saturated carbocycles. The van der Waals surface area contributed by atoms with Crippen molar-refractivity contribution in [2.75, 3.05) is 5.43 Å². The molecule has 0 aliphatic heterocycles. The Morgan fingerprint density at radius 1 is 1.09 bits per heavy atom. The van der Waals surface area contributed by atoms with Crippen LogP contribution in [0.5, 0.6) is 0 Å². The maximum Gasteiger partial charge on any atom is 0.237 e. The van der Waals surface area contributed by atoms with Gasteiger partial charge < -0.3 is 0 Å². The van der Waals surface area contributed by atoms with Crippen LogP contribution in [-0.4, -0.2) is 10.7 Å². The number of nitriles is 2. The van der Waals surface area contributed by atoms with Gasteiger partial charge in [0, 0.05) is 4.90 Å². The molecular formula is C16H9N5S2. The Morgan fingerprint density at radius 2 is 1.83 bits per heavy atom. The highest BCUT2D eigenvalue weighted by molar-refractivity contribution is 8.01. The molecule has 2 aromatic carbocycles. The van der Waals surface area contributed by atoms with E-state index in [9.17, 15) is 0 Å². The van der Waals surface area contributed by atoms with Crippen LogP contribution in [0.4, 0.5) is 5.69 Å². The number of nitrogens with one attached hydrogen (secondary N) is 1. The average Bonchev–Trinajstić information content (AvgIpc) is 2.99. The van der Waals surface area contributed by atoms with Crippen LogP contribution in [0.25, 0.3) is 10.2 Å². The summed E-state index contributed by atoms with van der Waals surface area (Å²) in [7, 11) is 0. The Bertz CT molecular complexity index is 913. The van der Waals surface area contributed by atoms with Gasteiger partial charge in [0.2, 0.25) is 5.71 Å². The highest BCUT2D eigenvalue weighted by Gasteiger charge is 2.08. The standard InChI is InChI=1S/C16H9N5S2/c17-9-11(10-18)20-21-13-6-2-4-8-15(13)23-16-19-12-5-1-3-7-14(12)22-16/h1-8,21H. The first kappa shape index (κ1) is 15.0. The Morgan fingerprint density at radius 3 is 2.61 bits per heavy atom. The largest absolute Gasteiger partial charge is 0.275 e. The number of aromatic nitrogens is 1. The van der Waals surface area contributed by atoms with Crippen LogP contribution in [0.2, 0.25) is 0 Å². The van der Waals surface area contributed by atoms with Crippen molar-refractivity contribution < 1.29 is 0 Å². The molecule has 0 atom stereocenters. The third kappa shape index (κ3) is 3.49. The first-order chi connectivity index (χ1) is 11.3. The summed E-state index contributed by atoms with van der Waals surface area (Å²) in [4.78, 5) is 5.51. The van der Waals surface area contributed by atoms with Crippen LogP contribution < -0.4 is 5.43 Å². The molecule has 0 amide bonds. The highest BCUT2D eigenvalue weighted by Crippen LogP contribution is 2.37. The van der Waals surface area contributed by atoms with E-state index in [1.54, 1.807) is 23.5 Å². The second-order valence-corrected chi connectivity index (χ2v) is 6.66. The van der Waals surface area contributed by atoms with E-state index in [0.717, 1.165) is 25.1 Å². The lowest BCUT2D eigenvalue weighted by molar-refractivity contribution is 1.26. The van der Waals surface area contributed by atoms with Crippen molar-refractivity contribution in [1.29, 1.82) is 10.5 Å². The molecule has 1 aromatic heterocycles. The summed E-state index contributed by atoms with van der Waals surface area (Å²) in [6.45, 7) is 0. The molecule has 1 N–H and O–H groups in total. The number of benzene rings is 2. The Hall–Kier alpha value is -2.87. The molecule has 0 saturated heterocycles. The minimum atomic E-state index is -0.218. The summed E-state index contributed by atoms with van der Waals surface area (Å²) in [5.41, 5.74) is 4.24. The van der Waals surface area contributed by atoms with Gasteiger partial charge >= 0.3 is 0 Å². The number of nitrogens with zero attached hydrogens (tertiary/aromatic N) is 4. The second kappa shape index (κ2) is 6.93. The monoisotopic (exact) mass is 335 g/mol. The predicted molar refractivity (Wildman–Crippen MR) is 92.5 cm³/mol.